The minimum absolute atomic E-state index is 0.219. The largest absolute Gasteiger partial charge is 0.494 e. The Morgan fingerprint density at radius 1 is 1.29 bits per heavy atom. The Kier molecular flexibility index (Phi) is 3.35. The first-order valence-electron chi connectivity index (χ1n) is 6.35. The maximum Gasteiger partial charge on any atom is 0.417 e. The normalized spacial score (nSPS) is 10.8. The van der Waals surface area contributed by atoms with Crippen molar-refractivity contribution in [2.75, 3.05) is 12.4 Å². The molecule has 0 unspecified atom stereocenters. The van der Waals surface area contributed by atoms with Gasteiger partial charge in [-0.15, -0.1) is 0 Å². The van der Waals surface area contributed by atoms with E-state index in [2.05, 4.69) is 10.3 Å². The van der Waals surface area contributed by atoms with E-state index in [1.165, 1.54) is 13.2 Å². The van der Waals surface area contributed by atoms with Crippen molar-refractivity contribution < 1.29 is 13.5 Å². The van der Waals surface area contributed by atoms with E-state index >= 15 is 0 Å². The van der Waals surface area contributed by atoms with Gasteiger partial charge in [0.15, 0.2) is 17.1 Å². The van der Waals surface area contributed by atoms with Crippen LogP contribution in [-0.2, 0) is 6.54 Å². The molecular formula is C15H13FN2O3. The molecule has 2 N–H and O–H groups in total. The number of hydrogen-bond donors (Lipinski definition) is 2. The first-order valence-corrected chi connectivity index (χ1v) is 6.35. The summed E-state index contributed by atoms with van der Waals surface area (Å²) in [6.07, 6.45) is 0. The van der Waals surface area contributed by atoms with Gasteiger partial charge in [0.1, 0.15) is 0 Å². The second kappa shape index (κ2) is 5.32. The zero-order chi connectivity index (χ0) is 14.8. The van der Waals surface area contributed by atoms with Gasteiger partial charge in [0, 0.05) is 12.2 Å². The van der Waals surface area contributed by atoms with Crippen molar-refractivity contribution in [2.24, 2.45) is 0 Å². The third-order valence-corrected chi connectivity index (χ3v) is 3.13. The summed E-state index contributed by atoms with van der Waals surface area (Å²) in [6, 6.07) is 10.0. The molecule has 0 saturated heterocycles. The van der Waals surface area contributed by atoms with Crippen LogP contribution in [0.2, 0.25) is 0 Å². The number of ether oxygens (including phenoxy) is 1. The fourth-order valence-corrected chi connectivity index (χ4v) is 2.09. The van der Waals surface area contributed by atoms with Gasteiger partial charge in [0.2, 0.25) is 0 Å². The van der Waals surface area contributed by atoms with Gasteiger partial charge in [-0.1, -0.05) is 6.07 Å². The first kappa shape index (κ1) is 13.2. The lowest BCUT2D eigenvalue weighted by atomic mass is 10.2. The number of hydrogen-bond acceptors (Lipinski definition) is 4. The molecule has 5 nitrogen and oxygen atoms in total. The summed E-state index contributed by atoms with van der Waals surface area (Å²) < 4.78 is 23.4. The highest BCUT2D eigenvalue weighted by molar-refractivity contribution is 5.76. The van der Waals surface area contributed by atoms with Crippen LogP contribution in [0, 0.1) is 5.82 Å². The lowest BCUT2D eigenvalue weighted by Gasteiger charge is -2.08. The maximum atomic E-state index is 13.6. The molecule has 0 bridgehead atoms. The number of benzene rings is 2. The molecule has 2 aromatic carbocycles. The summed E-state index contributed by atoms with van der Waals surface area (Å²) >= 11 is 0. The quantitative estimate of drug-likeness (QED) is 0.774. The number of fused-ring (bicyclic) bond motifs is 1. The summed E-state index contributed by atoms with van der Waals surface area (Å²) in [5.41, 5.74) is 2.71. The Bertz CT molecular complexity index is 838. The smallest absolute Gasteiger partial charge is 0.417 e. The number of halogens is 1. The summed E-state index contributed by atoms with van der Waals surface area (Å²) in [4.78, 5) is 13.7. The lowest BCUT2D eigenvalue weighted by molar-refractivity contribution is 0.386. The molecule has 6 heteroatoms. The minimum Gasteiger partial charge on any atom is -0.494 e. The van der Waals surface area contributed by atoms with Crippen molar-refractivity contribution in [3.05, 3.63) is 58.3 Å². The molecule has 0 aliphatic heterocycles. The molecule has 0 saturated carbocycles. The molecule has 0 radical (unpaired) electrons. The molecule has 108 valence electrons. The Balaban J connectivity index is 1.76. The Hall–Kier alpha value is -2.76. The van der Waals surface area contributed by atoms with Gasteiger partial charge in [-0.05, 0) is 35.9 Å². The SMILES string of the molecule is COc1ccc(CNc2ccc3oc(=O)[nH]c3c2)cc1F. The molecule has 21 heavy (non-hydrogen) atoms. The zero-order valence-electron chi connectivity index (χ0n) is 11.3. The van der Waals surface area contributed by atoms with Crippen molar-refractivity contribution in [3.63, 3.8) is 0 Å². The van der Waals surface area contributed by atoms with Crippen LogP contribution >= 0.6 is 0 Å². The van der Waals surface area contributed by atoms with Crippen molar-refractivity contribution in [1.82, 2.24) is 4.98 Å². The number of aromatic amines is 1. The van der Waals surface area contributed by atoms with Crippen molar-refractivity contribution in [2.45, 2.75) is 6.54 Å². The molecule has 0 spiro atoms. The molecular weight excluding hydrogens is 275 g/mol. The zero-order valence-corrected chi connectivity index (χ0v) is 11.3. The topological polar surface area (TPSA) is 67.3 Å². The Labute approximate surface area is 119 Å². The monoisotopic (exact) mass is 288 g/mol. The van der Waals surface area contributed by atoms with E-state index in [0.29, 0.717) is 17.6 Å². The molecule has 0 atom stereocenters. The van der Waals surface area contributed by atoms with E-state index in [0.717, 1.165) is 11.3 Å². The van der Waals surface area contributed by atoms with Gasteiger partial charge in [0.05, 0.1) is 12.6 Å². The predicted molar refractivity (Wildman–Crippen MR) is 77.1 cm³/mol. The number of nitrogens with one attached hydrogen (secondary N) is 2. The molecule has 3 rings (SSSR count). The van der Waals surface area contributed by atoms with Crippen LogP contribution in [0.5, 0.6) is 5.75 Å². The molecule has 1 heterocycles. The van der Waals surface area contributed by atoms with Gasteiger partial charge < -0.3 is 14.5 Å². The minimum atomic E-state index is -0.487. The van der Waals surface area contributed by atoms with Crippen LogP contribution in [0.25, 0.3) is 11.1 Å². The Morgan fingerprint density at radius 2 is 2.14 bits per heavy atom. The van der Waals surface area contributed by atoms with E-state index < -0.39 is 11.6 Å². The summed E-state index contributed by atoms with van der Waals surface area (Å²) in [5, 5.41) is 3.16. The van der Waals surface area contributed by atoms with Crippen LogP contribution in [0.4, 0.5) is 10.1 Å². The van der Waals surface area contributed by atoms with E-state index in [4.69, 9.17) is 9.15 Å². The van der Waals surface area contributed by atoms with Crippen molar-refractivity contribution in [1.29, 1.82) is 0 Å². The fraction of sp³-hybridized carbons (Fsp3) is 0.133. The van der Waals surface area contributed by atoms with Crippen molar-refractivity contribution >= 4 is 16.8 Å². The summed E-state index contributed by atoms with van der Waals surface area (Å²) in [7, 11) is 1.43. The number of H-pyrrole nitrogens is 1. The standard InChI is InChI=1S/C15H13FN2O3/c1-20-13-4-2-9(6-11(13)16)8-17-10-3-5-14-12(7-10)18-15(19)21-14/h2-7,17H,8H2,1H3,(H,18,19). The van der Waals surface area contributed by atoms with E-state index in [1.807, 2.05) is 0 Å². The number of anilines is 1. The van der Waals surface area contributed by atoms with Crippen molar-refractivity contribution in [3.8, 4) is 5.75 Å². The van der Waals surface area contributed by atoms with E-state index in [9.17, 15) is 9.18 Å². The van der Waals surface area contributed by atoms with Crippen LogP contribution in [-0.4, -0.2) is 12.1 Å². The highest BCUT2D eigenvalue weighted by Crippen LogP contribution is 2.20. The molecule has 0 aliphatic rings. The van der Waals surface area contributed by atoms with Crippen LogP contribution < -0.4 is 15.8 Å². The van der Waals surface area contributed by atoms with E-state index in [1.54, 1.807) is 30.3 Å². The maximum absolute atomic E-state index is 13.6. The van der Waals surface area contributed by atoms with Gasteiger partial charge in [0.25, 0.3) is 0 Å². The second-order valence-electron chi connectivity index (χ2n) is 4.55. The molecule has 0 aliphatic carbocycles. The van der Waals surface area contributed by atoms with Crippen LogP contribution in [0.3, 0.4) is 0 Å². The summed E-state index contributed by atoms with van der Waals surface area (Å²) in [5.74, 6) is -0.665. The van der Waals surface area contributed by atoms with Crippen LogP contribution in [0.1, 0.15) is 5.56 Å². The van der Waals surface area contributed by atoms with E-state index in [-0.39, 0.29) is 5.75 Å². The highest BCUT2D eigenvalue weighted by atomic mass is 19.1. The number of methoxy groups -OCH3 is 1. The third kappa shape index (κ3) is 2.74. The van der Waals surface area contributed by atoms with Gasteiger partial charge in [-0.25, -0.2) is 9.18 Å². The fourth-order valence-electron chi connectivity index (χ4n) is 2.09. The molecule has 3 aromatic rings. The number of rotatable bonds is 4. The van der Waals surface area contributed by atoms with Gasteiger partial charge in [-0.2, -0.15) is 0 Å². The average Bonchev–Trinajstić information content (AvgIpc) is 2.84. The molecule has 0 fully saturated rings. The molecule has 0 amide bonds. The lowest BCUT2D eigenvalue weighted by Crippen LogP contribution is -2.00. The first-order chi connectivity index (χ1) is 10.2. The predicted octanol–water partition coefficient (Wildman–Crippen LogP) is 2.88. The second-order valence-corrected chi connectivity index (χ2v) is 4.55. The Morgan fingerprint density at radius 3 is 2.90 bits per heavy atom. The van der Waals surface area contributed by atoms with Crippen LogP contribution in [0.15, 0.2) is 45.6 Å². The highest BCUT2D eigenvalue weighted by Gasteiger charge is 2.05. The van der Waals surface area contributed by atoms with Gasteiger partial charge in [-0.3, -0.25) is 4.98 Å². The third-order valence-electron chi connectivity index (χ3n) is 3.13. The average molecular weight is 288 g/mol. The number of aromatic nitrogens is 1. The van der Waals surface area contributed by atoms with Gasteiger partial charge >= 0.3 is 5.76 Å². The summed E-state index contributed by atoms with van der Waals surface area (Å²) in [6.45, 7) is 0.453. The number of oxazole rings is 1. The molecule has 1 aromatic heterocycles.